The van der Waals surface area contributed by atoms with E-state index in [1.807, 2.05) is 10.7 Å². The molecule has 0 spiro atoms. The molecule has 0 saturated carbocycles. The number of hydrogen-bond donors (Lipinski definition) is 1. The maximum Gasteiger partial charge on any atom is 0.271 e. The fourth-order valence-corrected chi connectivity index (χ4v) is 2.06. The molecular weight excluding hydrogens is 272 g/mol. The summed E-state index contributed by atoms with van der Waals surface area (Å²) in [5.41, 5.74) is 1.64. The number of ether oxygens (including phenoxy) is 1. The predicted molar refractivity (Wildman–Crippen MR) is 79.5 cm³/mol. The van der Waals surface area contributed by atoms with Crippen LogP contribution < -0.4 is 10.1 Å². The van der Waals surface area contributed by atoms with E-state index in [9.17, 15) is 10.1 Å². The minimum atomic E-state index is -0.425. The molecule has 0 bridgehead atoms. The molecule has 1 aromatic carbocycles. The number of nitrogens with one attached hydrogen (secondary N) is 1. The van der Waals surface area contributed by atoms with Crippen molar-refractivity contribution in [2.24, 2.45) is 0 Å². The molecule has 0 aliphatic rings. The van der Waals surface area contributed by atoms with Crippen LogP contribution in [-0.2, 0) is 13.1 Å². The van der Waals surface area contributed by atoms with Crippen molar-refractivity contribution < 1.29 is 9.66 Å². The lowest BCUT2D eigenvalue weighted by atomic mass is 10.2. The van der Waals surface area contributed by atoms with Gasteiger partial charge in [0.05, 0.1) is 30.0 Å². The van der Waals surface area contributed by atoms with Crippen molar-refractivity contribution in [3.05, 3.63) is 46.3 Å². The molecule has 0 amide bonds. The van der Waals surface area contributed by atoms with Gasteiger partial charge in [-0.2, -0.15) is 5.10 Å². The van der Waals surface area contributed by atoms with E-state index in [4.69, 9.17) is 4.74 Å². The standard InChI is InChI=1S/C14H18N4O3/c1-3-8-17-12(6-7-16-17)10-15-13-9-11(18(19)20)4-5-14(13)21-2/h4-7,9,15H,3,8,10H2,1-2H3. The van der Waals surface area contributed by atoms with Crippen molar-refractivity contribution in [3.8, 4) is 5.75 Å². The Morgan fingerprint density at radius 1 is 1.43 bits per heavy atom. The van der Waals surface area contributed by atoms with E-state index in [0.29, 0.717) is 18.0 Å². The number of aromatic nitrogens is 2. The van der Waals surface area contributed by atoms with Gasteiger partial charge in [-0.3, -0.25) is 14.8 Å². The number of nitrogens with zero attached hydrogens (tertiary/aromatic N) is 3. The number of hydrogen-bond acceptors (Lipinski definition) is 5. The topological polar surface area (TPSA) is 82.2 Å². The van der Waals surface area contributed by atoms with Crippen LogP contribution in [0.4, 0.5) is 11.4 Å². The molecule has 1 N–H and O–H groups in total. The number of benzene rings is 1. The summed E-state index contributed by atoms with van der Waals surface area (Å²) < 4.78 is 7.13. The van der Waals surface area contributed by atoms with Crippen molar-refractivity contribution in [1.82, 2.24) is 9.78 Å². The minimum absolute atomic E-state index is 0.0281. The smallest absolute Gasteiger partial charge is 0.271 e. The maximum absolute atomic E-state index is 10.8. The average Bonchev–Trinajstić information content (AvgIpc) is 2.92. The van der Waals surface area contributed by atoms with Crippen LogP contribution in [0.15, 0.2) is 30.5 Å². The van der Waals surface area contributed by atoms with Crippen LogP contribution in [0.3, 0.4) is 0 Å². The molecule has 7 nitrogen and oxygen atoms in total. The lowest BCUT2D eigenvalue weighted by Gasteiger charge is -2.12. The normalized spacial score (nSPS) is 10.4. The quantitative estimate of drug-likeness (QED) is 0.626. The Balaban J connectivity index is 2.16. The highest BCUT2D eigenvalue weighted by molar-refractivity contribution is 5.61. The van der Waals surface area contributed by atoms with E-state index in [0.717, 1.165) is 18.7 Å². The van der Waals surface area contributed by atoms with E-state index >= 15 is 0 Å². The molecule has 1 heterocycles. The zero-order valence-electron chi connectivity index (χ0n) is 12.1. The first-order chi connectivity index (χ1) is 10.2. The number of anilines is 1. The summed E-state index contributed by atoms with van der Waals surface area (Å²) in [6.07, 6.45) is 2.74. The van der Waals surface area contributed by atoms with Crippen LogP contribution in [0.2, 0.25) is 0 Å². The highest BCUT2D eigenvalue weighted by Gasteiger charge is 2.11. The molecular formula is C14H18N4O3. The third-order valence-corrected chi connectivity index (χ3v) is 3.09. The zero-order chi connectivity index (χ0) is 15.2. The highest BCUT2D eigenvalue weighted by Crippen LogP contribution is 2.29. The largest absolute Gasteiger partial charge is 0.495 e. The van der Waals surface area contributed by atoms with Crippen LogP contribution in [-0.4, -0.2) is 21.8 Å². The Hall–Kier alpha value is -2.57. The van der Waals surface area contributed by atoms with Gasteiger partial charge in [-0.05, 0) is 18.6 Å². The first-order valence-electron chi connectivity index (χ1n) is 6.72. The number of nitro groups is 1. The monoisotopic (exact) mass is 290 g/mol. The third-order valence-electron chi connectivity index (χ3n) is 3.09. The van der Waals surface area contributed by atoms with Crippen LogP contribution in [0.5, 0.6) is 5.75 Å². The average molecular weight is 290 g/mol. The lowest BCUT2D eigenvalue weighted by molar-refractivity contribution is -0.384. The Labute approximate surface area is 122 Å². The van der Waals surface area contributed by atoms with Gasteiger partial charge < -0.3 is 10.1 Å². The summed E-state index contributed by atoms with van der Waals surface area (Å²) >= 11 is 0. The number of non-ortho nitro benzene ring substituents is 1. The molecule has 0 unspecified atom stereocenters. The predicted octanol–water partition coefficient (Wildman–Crippen LogP) is 2.82. The highest BCUT2D eigenvalue weighted by atomic mass is 16.6. The van der Waals surface area contributed by atoms with Gasteiger partial charge in [0.15, 0.2) is 0 Å². The van der Waals surface area contributed by atoms with Gasteiger partial charge in [-0.1, -0.05) is 6.92 Å². The van der Waals surface area contributed by atoms with Crippen molar-refractivity contribution >= 4 is 11.4 Å². The summed E-state index contributed by atoms with van der Waals surface area (Å²) in [6, 6.07) is 6.40. The summed E-state index contributed by atoms with van der Waals surface area (Å²) in [4.78, 5) is 10.4. The molecule has 0 aliphatic carbocycles. The van der Waals surface area contributed by atoms with Gasteiger partial charge in [-0.15, -0.1) is 0 Å². The Morgan fingerprint density at radius 3 is 2.90 bits per heavy atom. The number of methoxy groups -OCH3 is 1. The van der Waals surface area contributed by atoms with Crippen LogP contribution in [0.1, 0.15) is 19.0 Å². The summed E-state index contributed by atoms with van der Waals surface area (Å²) in [5.74, 6) is 0.571. The van der Waals surface area contributed by atoms with Crippen LogP contribution >= 0.6 is 0 Å². The fourth-order valence-electron chi connectivity index (χ4n) is 2.06. The van der Waals surface area contributed by atoms with Gasteiger partial charge in [-0.25, -0.2) is 0 Å². The molecule has 0 aliphatic heterocycles. The van der Waals surface area contributed by atoms with E-state index in [1.165, 1.54) is 19.2 Å². The van der Waals surface area contributed by atoms with E-state index in [2.05, 4.69) is 17.3 Å². The maximum atomic E-state index is 10.8. The second-order valence-corrected chi connectivity index (χ2v) is 4.54. The Kier molecular flexibility index (Phi) is 4.76. The fraction of sp³-hybridized carbons (Fsp3) is 0.357. The molecule has 1 aromatic heterocycles. The lowest BCUT2D eigenvalue weighted by Crippen LogP contribution is -2.09. The Bertz CT molecular complexity index is 624. The molecule has 112 valence electrons. The molecule has 7 heteroatoms. The summed E-state index contributed by atoms with van der Waals surface area (Å²) in [7, 11) is 1.54. The first-order valence-corrected chi connectivity index (χ1v) is 6.72. The van der Waals surface area contributed by atoms with Crippen molar-refractivity contribution in [2.75, 3.05) is 12.4 Å². The number of nitro benzene ring substituents is 1. The van der Waals surface area contributed by atoms with Crippen molar-refractivity contribution in [1.29, 1.82) is 0 Å². The summed E-state index contributed by atoms with van der Waals surface area (Å²) in [5, 5.41) is 18.3. The molecule has 2 aromatic rings. The molecule has 0 saturated heterocycles. The third kappa shape index (κ3) is 3.50. The van der Waals surface area contributed by atoms with Gasteiger partial charge in [0.1, 0.15) is 5.75 Å². The Morgan fingerprint density at radius 2 is 2.24 bits per heavy atom. The van der Waals surface area contributed by atoms with Gasteiger partial charge in [0.25, 0.3) is 5.69 Å². The number of aryl methyl sites for hydroxylation is 1. The van der Waals surface area contributed by atoms with Crippen LogP contribution in [0.25, 0.3) is 0 Å². The second-order valence-electron chi connectivity index (χ2n) is 4.54. The van der Waals surface area contributed by atoms with Gasteiger partial charge >= 0.3 is 0 Å². The second kappa shape index (κ2) is 6.74. The molecule has 0 atom stereocenters. The SMILES string of the molecule is CCCn1nccc1CNc1cc([N+](=O)[O-])ccc1OC. The minimum Gasteiger partial charge on any atom is -0.495 e. The van der Waals surface area contributed by atoms with Gasteiger partial charge in [0, 0.05) is 24.9 Å². The van der Waals surface area contributed by atoms with E-state index in [-0.39, 0.29) is 5.69 Å². The molecule has 0 radical (unpaired) electrons. The zero-order valence-corrected chi connectivity index (χ0v) is 12.1. The van der Waals surface area contributed by atoms with Crippen LogP contribution in [0, 0.1) is 10.1 Å². The van der Waals surface area contributed by atoms with E-state index in [1.54, 1.807) is 12.3 Å². The molecule has 0 fully saturated rings. The first kappa shape index (κ1) is 14.8. The summed E-state index contributed by atoms with van der Waals surface area (Å²) in [6.45, 7) is 3.45. The van der Waals surface area contributed by atoms with Gasteiger partial charge in [0.2, 0.25) is 0 Å². The molecule has 21 heavy (non-hydrogen) atoms. The van der Waals surface area contributed by atoms with Crippen molar-refractivity contribution in [2.45, 2.75) is 26.4 Å². The van der Waals surface area contributed by atoms with Crippen molar-refractivity contribution in [3.63, 3.8) is 0 Å². The number of rotatable bonds is 7. The van der Waals surface area contributed by atoms with E-state index < -0.39 is 4.92 Å². The molecule has 2 rings (SSSR count).